The molecule has 0 saturated carbocycles. The standard InChI is InChI=1S/C21H26N6.HI/c1-21(2,18-7-5-4-6-8-18)15-26-20(22-3)25-14-17-9-10-19(24-13-17)27-12-11-23-16-27;/h4-13,16H,14-15H2,1-3H3,(H2,22,25,26);1H. The van der Waals surface area contributed by atoms with Gasteiger partial charge in [-0.25, -0.2) is 9.97 Å². The molecule has 0 unspecified atom stereocenters. The zero-order valence-electron chi connectivity index (χ0n) is 16.5. The van der Waals surface area contributed by atoms with Crippen molar-refractivity contribution >= 4 is 29.9 Å². The largest absolute Gasteiger partial charge is 0.356 e. The van der Waals surface area contributed by atoms with Gasteiger partial charge >= 0.3 is 0 Å². The van der Waals surface area contributed by atoms with Crippen LogP contribution in [0.4, 0.5) is 0 Å². The molecule has 0 radical (unpaired) electrons. The molecule has 6 nitrogen and oxygen atoms in total. The fourth-order valence-electron chi connectivity index (χ4n) is 2.77. The van der Waals surface area contributed by atoms with Crippen molar-refractivity contribution in [3.8, 4) is 5.82 Å². The van der Waals surface area contributed by atoms with E-state index in [0.717, 1.165) is 23.9 Å². The summed E-state index contributed by atoms with van der Waals surface area (Å²) in [6.07, 6.45) is 7.22. The SMILES string of the molecule is CN=C(NCc1ccc(-n2ccnc2)nc1)NCC(C)(C)c1ccccc1.I. The van der Waals surface area contributed by atoms with E-state index >= 15 is 0 Å². The van der Waals surface area contributed by atoms with Crippen molar-refractivity contribution in [2.45, 2.75) is 25.8 Å². The topological polar surface area (TPSA) is 67.1 Å². The van der Waals surface area contributed by atoms with E-state index < -0.39 is 0 Å². The molecule has 7 heteroatoms. The first-order chi connectivity index (χ1) is 13.1. The van der Waals surface area contributed by atoms with Gasteiger partial charge in [-0.1, -0.05) is 50.2 Å². The highest BCUT2D eigenvalue weighted by molar-refractivity contribution is 14.0. The second kappa shape index (κ2) is 10.2. The quantitative estimate of drug-likeness (QED) is 0.315. The summed E-state index contributed by atoms with van der Waals surface area (Å²) < 4.78 is 1.88. The second-order valence-corrected chi connectivity index (χ2v) is 7.02. The average Bonchev–Trinajstić information content (AvgIpc) is 3.24. The number of nitrogens with one attached hydrogen (secondary N) is 2. The molecule has 3 aromatic rings. The zero-order valence-corrected chi connectivity index (χ0v) is 18.8. The number of imidazole rings is 1. The van der Waals surface area contributed by atoms with Crippen molar-refractivity contribution in [2.75, 3.05) is 13.6 Å². The van der Waals surface area contributed by atoms with Gasteiger partial charge in [0.25, 0.3) is 0 Å². The van der Waals surface area contributed by atoms with Gasteiger partial charge in [0.15, 0.2) is 5.96 Å². The van der Waals surface area contributed by atoms with Crippen LogP contribution in [0.5, 0.6) is 0 Å². The molecule has 1 aromatic carbocycles. The number of hydrogen-bond acceptors (Lipinski definition) is 3. The minimum Gasteiger partial charge on any atom is -0.356 e. The summed E-state index contributed by atoms with van der Waals surface area (Å²) in [6.45, 7) is 5.89. The number of hydrogen-bond donors (Lipinski definition) is 2. The van der Waals surface area contributed by atoms with E-state index in [1.54, 1.807) is 19.6 Å². The van der Waals surface area contributed by atoms with Crippen LogP contribution in [0.15, 0.2) is 72.4 Å². The number of guanidine groups is 1. The van der Waals surface area contributed by atoms with Gasteiger partial charge < -0.3 is 10.6 Å². The van der Waals surface area contributed by atoms with Crippen LogP contribution in [0.1, 0.15) is 25.0 Å². The van der Waals surface area contributed by atoms with Crippen LogP contribution in [0.3, 0.4) is 0 Å². The highest BCUT2D eigenvalue weighted by atomic mass is 127. The van der Waals surface area contributed by atoms with E-state index in [2.05, 4.69) is 69.8 Å². The molecule has 0 aliphatic heterocycles. The minimum absolute atomic E-state index is 0. The summed E-state index contributed by atoms with van der Waals surface area (Å²) in [6, 6.07) is 14.5. The number of pyridine rings is 1. The van der Waals surface area contributed by atoms with E-state index in [4.69, 9.17) is 0 Å². The van der Waals surface area contributed by atoms with Crippen molar-refractivity contribution in [2.24, 2.45) is 4.99 Å². The molecule has 2 aromatic heterocycles. The molecule has 0 amide bonds. The Labute approximate surface area is 183 Å². The average molecular weight is 490 g/mol. The van der Waals surface area contributed by atoms with Gasteiger partial charge in [-0.2, -0.15) is 0 Å². The fraction of sp³-hybridized carbons (Fsp3) is 0.286. The highest BCUT2D eigenvalue weighted by Crippen LogP contribution is 2.21. The molecule has 3 rings (SSSR count). The molecular weight excluding hydrogens is 463 g/mol. The summed E-state index contributed by atoms with van der Waals surface area (Å²) in [5.74, 6) is 1.63. The van der Waals surface area contributed by atoms with Gasteiger partial charge in [0.2, 0.25) is 0 Å². The molecule has 2 N–H and O–H groups in total. The van der Waals surface area contributed by atoms with Crippen LogP contribution in [0.2, 0.25) is 0 Å². The van der Waals surface area contributed by atoms with Crippen LogP contribution in [-0.4, -0.2) is 34.1 Å². The number of aliphatic imine (C=N–C) groups is 1. The van der Waals surface area contributed by atoms with Crippen LogP contribution >= 0.6 is 24.0 Å². The second-order valence-electron chi connectivity index (χ2n) is 7.02. The molecule has 0 aliphatic carbocycles. The summed E-state index contributed by atoms with van der Waals surface area (Å²) in [7, 11) is 1.78. The Morgan fingerprint density at radius 2 is 1.89 bits per heavy atom. The smallest absolute Gasteiger partial charge is 0.191 e. The van der Waals surface area contributed by atoms with Crippen molar-refractivity contribution in [3.05, 3.63) is 78.5 Å². The van der Waals surface area contributed by atoms with Gasteiger partial charge in [0.05, 0.1) is 0 Å². The third kappa shape index (κ3) is 5.79. The van der Waals surface area contributed by atoms with Crippen molar-refractivity contribution in [1.82, 2.24) is 25.2 Å². The lowest BCUT2D eigenvalue weighted by molar-refractivity contribution is 0.508. The van der Waals surface area contributed by atoms with Crippen LogP contribution in [-0.2, 0) is 12.0 Å². The maximum Gasteiger partial charge on any atom is 0.191 e. The van der Waals surface area contributed by atoms with E-state index in [1.165, 1.54) is 5.56 Å². The number of halogens is 1. The lowest BCUT2D eigenvalue weighted by atomic mass is 9.85. The molecule has 28 heavy (non-hydrogen) atoms. The molecule has 0 spiro atoms. The summed E-state index contributed by atoms with van der Waals surface area (Å²) >= 11 is 0. The van der Waals surface area contributed by atoms with E-state index in [1.807, 2.05) is 29.1 Å². The molecule has 148 valence electrons. The summed E-state index contributed by atoms with van der Waals surface area (Å²) in [4.78, 5) is 12.8. The third-order valence-corrected chi connectivity index (χ3v) is 4.51. The molecular formula is C21H27IN6. The highest BCUT2D eigenvalue weighted by Gasteiger charge is 2.20. The Kier molecular flexibility index (Phi) is 7.98. The summed E-state index contributed by atoms with van der Waals surface area (Å²) in [5.41, 5.74) is 2.39. The van der Waals surface area contributed by atoms with E-state index in [0.29, 0.717) is 6.54 Å². The predicted octanol–water partition coefficient (Wildman–Crippen LogP) is 3.53. The molecule has 2 heterocycles. The fourth-order valence-corrected chi connectivity index (χ4v) is 2.77. The molecule has 0 aliphatic rings. The molecule has 0 atom stereocenters. The first-order valence-corrected chi connectivity index (χ1v) is 9.02. The first-order valence-electron chi connectivity index (χ1n) is 9.02. The maximum atomic E-state index is 4.47. The van der Waals surface area contributed by atoms with Crippen LogP contribution in [0, 0.1) is 0 Å². The van der Waals surface area contributed by atoms with Gasteiger partial charge in [-0.15, -0.1) is 24.0 Å². The van der Waals surface area contributed by atoms with Crippen molar-refractivity contribution < 1.29 is 0 Å². The van der Waals surface area contributed by atoms with Crippen molar-refractivity contribution in [1.29, 1.82) is 0 Å². The zero-order chi connectivity index (χ0) is 19.1. The normalized spacial score (nSPS) is 11.6. The Hall–Kier alpha value is -2.42. The number of benzene rings is 1. The summed E-state index contributed by atoms with van der Waals surface area (Å²) in [5, 5.41) is 6.76. The Balaban J connectivity index is 0.00000280. The Morgan fingerprint density at radius 3 is 2.50 bits per heavy atom. The monoisotopic (exact) mass is 490 g/mol. The number of rotatable bonds is 6. The Bertz CT molecular complexity index is 858. The van der Waals surface area contributed by atoms with Gasteiger partial charge in [0, 0.05) is 44.1 Å². The lowest BCUT2D eigenvalue weighted by Crippen LogP contribution is -2.43. The minimum atomic E-state index is 0. The van der Waals surface area contributed by atoms with Crippen molar-refractivity contribution in [3.63, 3.8) is 0 Å². The lowest BCUT2D eigenvalue weighted by Gasteiger charge is -2.26. The van der Waals surface area contributed by atoms with Crippen LogP contribution in [0.25, 0.3) is 5.82 Å². The molecule has 0 bridgehead atoms. The van der Waals surface area contributed by atoms with E-state index in [-0.39, 0.29) is 29.4 Å². The molecule has 0 fully saturated rings. The maximum absolute atomic E-state index is 4.47. The van der Waals surface area contributed by atoms with E-state index in [9.17, 15) is 0 Å². The molecule has 0 saturated heterocycles. The number of aromatic nitrogens is 3. The van der Waals surface area contributed by atoms with Crippen LogP contribution < -0.4 is 10.6 Å². The Morgan fingerprint density at radius 1 is 1.11 bits per heavy atom. The number of nitrogens with zero attached hydrogens (tertiary/aromatic N) is 4. The van der Waals surface area contributed by atoms with Gasteiger partial charge in [0.1, 0.15) is 12.1 Å². The predicted molar refractivity (Wildman–Crippen MR) is 124 cm³/mol. The third-order valence-electron chi connectivity index (χ3n) is 4.51. The first kappa shape index (κ1) is 21.9. The van der Waals surface area contributed by atoms with Gasteiger partial charge in [-0.3, -0.25) is 9.56 Å². The van der Waals surface area contributed by atoms with Gasteiger partial charge in [-0.05, 0) is 17.2 Å².